The lowest BCUT2D eigenvalue weighted by Crippen LogP contribution is -2.42. The van der Waals surface area contributed by atoms with Gasteiger partial charge in [-0.05, 0) is 6.07 Å². The number of likely N-dealkylation sites (tertiary alicyclic amines) is 1. The summed E-state index contributed by atoms with van der Waals surface area (Å²) in [4.78, 5) is 22.7. The fourth-order valence-corrected chi connectivity index (χ4v) is 4.01. The van der Waals surface area contributed by atoms with Crippen molar-refractivity contribution in [1.29, 1.82) is 0 Å². The van der Waals surface area contributed by atoms with Gasteiger partial charge in [0.05, 0.1) is 5.56 Å². The summed E-state index contributed by atoms with van der Waals surface area (Å²) in [6, 6.07) is 11.9. The van der Waals surface area contributed by atoms with Crippen LogP contribution in [0.5, 0.6) is 5.88 Å². The minimum absolute atomic E-state index is 0.125. The average molecular weight is 433 g/mol. The zero-order valence-corrected chi connectivity index (χ0v) is 16.6. The molecule has 1 amide bonds. The Balaban J connectivity index is 1.32. The molecule has 0 radical (unpaired) electrons. The number of aromatic nitrogens is 2. The topological polar surface area (TPSA) is 55.3 Å². The Morgan fingerprint density at radius 1 is 1.10 bits per heavy atom. The summed E-state index contributed by atoms with van der Waals surface area (Å²) in [5.41, 5.74) is 0.578. The van der Waals surface area contributed by atoms with E-state index in [0.717, 1.165) is 22.8 Å². The third kappa shape index (κ3) is 4.62. The summed E-state index contributed by atoms with van der Waals surface area (Å²) in [6.45, 7) is 0.977. The van der Waals surface area contributed by atoms with Crippen molar-refractivity contribution < 1.29 is 22.7 Å². The molecule has 1 fully saturated rings. The molecule has 3 aromatic rings. The van der Waals surface area contributed by atoms with Crippen LogP contribution in [0.1, 0.15) is 28.9 Å². The SMILES string of the molecule is O=C(c1csc(-c2ccccc2)n1)N1CCC(Oc2ccc(C(F)(F)F)cn2)CC1. The maximum Gasteiger partial charge on any atom is 0.417 e. The predicted molar refractivity (Wildman–Crippen MR) is 106 cm³/mol. The van der Waals surface area contributed by atoms with E-state index in [1.807, 2.05) is 30.3 Å². The Morgan fingerprint density at radius 3 is 2.47 bits per heavy atom. The normalized spacial score (nSPS) is 15.2. The summed E-state index contributed by atoms with van der Waals surface area (Å²) < 4.78 is 43.5. The Labute approximate surface area is 175 Å². The minimum atomic E-state index is -4.42. The van der Waals surface area contributed by atoms with Crippen molar-refractivity contribution in [3.8, 4) is 16.5 Å². The van der Waals surface area contributed by atoms with Crippen LogP contribution in [0.2, 0.25) is 0 Å². The number of hydrogen-bond acceptors (Lipinski definition) is 5. The van der Waals surface area contributed by atoms with Crippen molar-refractivity contribution in [2.45, 2.75) is 25.1 Å². The number of amides is 1. The Bertz CT molecular complexity index is 998. The summed E-state index contributed by atoms with van der Waals surface area (Å²) in [7, 11) is 0. The van der Waals surface area contributed by atoms with Gasteiger partial charge in [-0.15, -0.1) is 11.3 Å². The van der Waals surface area contributed by atoms with Gasteiger partial charge in [-0.2, -0.15) is 13.2 Å². The Kier molecular flexibility index (Phi) is 5.72. The number of alkyl halides is 3. The molecular formula is C21H18F3N3O2S. The van der Waals surface area contributed by atoms with Crippen molar-refractivity contribution in [2.75, 3.05) is 13.1 Å². The van der Waals surface area contributed by atoms with E-state index in [2.05, 4.69) is 9.97 Å². The Hall–Kier alpha value is -2.94. The van der Waals surface area contributed by atoms with Crippen molar-refractivity contribution in [2.24, 2.45) is 0 Å². The van der Waals surface area contributed by atoms with Gasteiger partial charge in [-0.1, -0.05) is 30.3 Å². The lowest BCUT2D eigenvalue weighted by Gasteiger charge is -2.31. The number of piperidine rings is 1. The molecule has 156 valence electrons. The van der Waals surface area contributed by atoms with Gasteiger partial charge in [0.15, 0.2) is 0 Å². The monoisotopic (exact) mass is 433 g/mol. The molecule has 30 heavy (non-hydrogen) atoms. The Morgan fingerprint density at radius 2 is 1.83 bits per heavy atom. The van der Waals surface area contributed by atoms with Gasteiger partial charge in [0.2, 0.25) is 5.88 Å². The predicted octanol–water partition coefficient (Wildman–Crippen LogP) is 4.91. The molecule has 3 heterocycles. The van der Waals surface area contributed by atoms with E-state index in [1.54, 1.807) is 10.3 Å². The molecule has 0 spiro atoms. The number of hydrogen-bond donors (Lipinski definition) is 0. The third-order valence-corrected chi connectivity index (χ3v) is 5.72. The van der Waals surface area contributed by atoms with Gasteiger partial charge in [0.1, 0.15) is 16.8 Å². The molecule has 1 aliphatic heterocycles. The molecule has 0 bridgehead atoms. The van der Waals surface area contributed by atoms with Gasteiger partial charge >= 0.3 is 6.18 Å². The van der Waals surface area contributed by atoms with E-state index in [1.165, 1.54) is 17.4 Å². The highest BCUT2D eigenvalue weighted by Gasteiger charge is 2.31. The molecule has 0 saturated carbocycles. The number of halogens is 3. The van der Waals surface area contributed by atoms with Crippen LogP contribution in [-0.4, -0.2) is 40.0 Å². The van der Waals surface area contributed by atoms with Crippen molar-refractivity contribution in [3.05, 3.63) is 65.3 Å². The molecule has 1 aliphatic rings. The number of carbonyl (C=O) groups is 1. The molecular weight excluding hydrogens is 415 g/mol. The summed E-state index contributed by atoms with van der Waals surface area (Å²) in [5.74, 6) is 0.0271. The molecule has 1 aromatic carbocycles. The molecule has 0 aliphatic carbocycles. The molecule has 5 nitrogen and oxygen atoms in total. The molecule has 0 atom stereocenters. The first kappa shape index (κ1) is 20.3. The molecule has 0 N–H and O–H groups in total. The third-order valence-electron chi connectivity index (χ3n) is 4.82. The zero-order valence-electron chi connectivity index (χ0n) is 15.8. The van der Waals surface area contributed by atoms with Crippen LogP contribution < -0.4 is 4.74 Å². The zero-order chi connectivity index (χ0) is 21.1. The summed E-state index contributed by atoms with van der Waals surface area (Å²) in [6.07, 6.45) is -2.71. The fraction of sp³-hybridized carbons (Fsp3) is 0.286. The molecule has 9 heteroatoms. The maximum atomic E-state index is 12.8. The first-order chi connectivity index (χ1) is 14.4. The van der Waals surface area contributed by atoms with Gasteiger partial charge < -0.3 is 9.64 Å². The number of thiazole rings is 1. The largest absolute Gasteiger partial charge is 0.474 e. The second-order valence-electron chi connectivity index (χ2n) is 6.90. The number of rotatable bonds is 4. The number of ether oxygens (including phenoxy) is 1. The van der Waals surface area contributed by atoms with Crippen LogP contribution >= 0.6 is 11.3 Å². The van der Waals surface area contributed by atoms with Crippen LogP contribution in [-0.2, 0) is 6.18 Å². The van der Waals surface area contributed by atoms with E-state index in [9.17, 15) is 18.0 Å². The van der Waals surface area contributed by atoms with Gasteiger partial charge in [0, 0.05) is 49.1 Å². The van der Waals surface area contributed by atoms with E-state index in [-0.39, 0.29) is 17.9 Å². The van der Waals surface area contributed by atoms with Crippen molar-refractivity contribution in [3.63, 3.8) is 0 Å². The highest BCUT2D eigenvalue weighted by atomic mass is 32.1. The number of benzene rings is 1. The van der Waals surface area contributed by atoms with Crippen LogP contribution in [0, 0.1) is 0 Å². The molecule has 2 aromatic heterocycles. The lowest BCUT2D eigenvalue weighted by atomic mass is 10.1. The second-order valence-corrected chi connectivity index (χ2v) is 7.75. The van der Waals surface area contributed by atoms with Crippen LogP contribution in [0.15, 0.2) is 54.0 Å². The highest BCUT2D eigenvalue weighted by Crippen LogP contribution is 2.30. The molecule has 1 saturated heterocycles. The van der Waals surface area contributed by atoms with Crippen molar-refractivity contribution >= 4 is 17.2 Å². The lowest BCUT2D eigenvalue weighted by molar-refractivity contribution is -0.137. The molecule has 4 rings (SSSR count). The van der Waals surface area contributed by atoms with Gasteiger partial charge in [0.25, 0.3) is 5.91 Å². The van der Waals surface area contributed by atoms with Gasteiger partial charge in [-0.3, -0.25) is 4.79 Å². The van der Waals surface area contributed by atoms with E-state index in [0.29, 0.717) is 31.6 Å². The number of nitrogens with zero attached hydrogens (tertiary/aromatic N) is 3. The fourth-order valence-electron chi connectivity index (χ4n) is 3.21. The van der Waals surface area contributed by atoms with E-state index in [4.69, 9.17) is 4.74 Å². The van der Waals surface area contributed by atoms with Crippen LogP contribution in [0.25, 0.3) is 10.6 Å². The smallest absolute Gasteiger partial charge is 0.417 e. The van der Waals surface area contributed by atoms with Crippen molar-refractivity contribution in [1.82, 2.24) is 14.9 Å². The first-order valence-electron chi connectivity index (χ1n) is 9.40. The second kappa shape index (κ2) is 8.43. The van der Waals surface area contributed by atoms with Gasteiger partial charge in [-0.25, -0.2) is 9.97 Å². The highest BCUT2D eigenvalue weighted by molar-refractivity contribution is 7.13. The minimum Gasteiger partial charge on any atom is -0.474 e. The summed E-state index contributed by atoms with van der Waals surface area (Å²) in [5, 5.41) is 2.56. The molecule has 0 unspecified atom stereocenters. The van der Waals surface area contributed by atoms with Crippen LogP contribution in [0.4, 0.5) is 13.2 Å². The van der Waals surface area contributed by atoms with E-state index < -0.39 is 11.7 Å². The quantitative estimate of drug-likeness (QED) is 0.587. The first-order valence-corrected chi connectivity index (χ1v) is 10.3. The maximum absolute atomic E-state index is 12.8. The number of pyridine rings is 1. The van der Waals surface area contributed by atoms with E-state index >= 15 is 0 Å². The summed E-state index contributed by atoms with van der Waals surface area (Å²) >= 11 is 1.43. The van der Waals surface area contributed by atoms with Crippen LogP contribution in [0.3, 0.4) is 0 Å². The average Bonchev–Trinajstić information content (AvgIpc) is 3.24. The number of carbonyl (C=O) groups excluding carboxylic acids is 1. The standard InChI is InChI=1S/C21H18F3N3O2S/c22-21(23,24)15-6-7-18(25-12-15)29-16-8-10-27(11-9-16)20(28)17-13-30-19(26-17)14-4-2-1-3-5-14/h1-7,12-13,16H,8-11H2.